The van der Waals surface area contributed by atoms with Crippen LogP contribution >= 0.6 is 0 Å². The summed E-state index contributed by atoms with van der Waals surface area (Å²) < 4.78 is 135. The summed E-state index contributed by atoms with van der Waals surface area (Å²) in [5, 5.41) is 7.11. The standard InChI is InChI=1S/C20H20F10N4O/c1-5-17(2,3)31-8-9-10(21)6-7-11(13(9)22)32-16(35)14-12(19(25,26)27)15(33-34(14)4)18(23,24)20(28,29)30/h6-7,31H,5,8H2,1-4H3,(H,32,35). The minimum absolute atomic E-state index is 0.124. The van der Waals surface area contributed by atoms with Gasteiger partial charge in [-0.2, -0.15) is 40.2 Å². The van der Waals surface area contributed by atoms with E-state index in [1.54, 1.807) is 26.1 Å². The smallest absolute Gasteiger partial charge is 0.318 e. The number of nitrogens with zero attached hydrogens (tertiary/aromatic N) is 2. The first-order valence-electron chi connectivity index (χ1n) is 9.87. The predicted molar refractivity (Wildman–Crippen MR) is 104 cm³/mol. The number of halogens is 10. The third-order valence-electron chi connectivity index (χ3n) is 5.26. The average molecular weight is 522 g/mol. The van der Waals surface area contributed by atoms with Crippen molar-refractivity contribution in [2.45, 2.75) is 57.6 Å². The van der Waals surface area contributed by atoms with E-state index in [0.29, 0.717) is 25.6 Å². The number of benzene rings is 1. The van der Waals surface area contributed by atoms with E-state index in [-0.39, 0.29) is 11.2 Å². The molecule has 2 rings (SSSR count). The molecule has 0 spiro atoms. The molecule has 0 aliphatic carbocycles. The van der Waals surface area contributed by atoms with Crippen molar-refractivity contribution >= 4 is 11.6 Å². The molecule has 1 amide bonds. The average Bonchev–Trinajstić information content (AvgIpc) is 3.07. The molecule has 1 heterocycles. The first-order valence-corrected chi connectivity index (χ1v) is 9.87. The number of carbonyl (C=O) groups excluding carboxylic acids is 1. The Bertz CT molecular complexity index is 1100. The van der Waals surface area contributed by atoms with Gasteiger partial charge in [0.2, 0.25) is 0 Å². The maximum absolute atomic E-state index is 14.9. The van der Waals surface area contributed by atoms with Gasteiger partial charge >= 0.3 is 18.3 Å². The van der Waals surface area contributed by atoms with Crippen LogP contribution in [0.5, 0.6) is 0 Å². The van der Waals surface area contributed by atoms with Gasteiger partial charge in [-0.3, -0.25) is 9.48 Å². The van der Waals surface area contributed by atoms with Gasteiger partial charge in [0.1, 0.15) is 17.1 Å². The molecule has 0 bridgehead atoms. The van der Waals surface area contributed by atoms with Crippen LogP contribution in [0.15, 0.2) is 12.1 Å². The minimum atomic E-state index is -6.45. The van der Waals surface area contributed by atoms with E-state index in [0.717, 1.165) is 0 Å². The quantitative estimate of drug-likeness (QED) is 0.446. The second-order valence-corrected chi connectivity index (χ2v) is 8.20. The molecule has 35 heavy (non-hydrogen) atoms. The number of alkyl halides is 8. The summed E-state index contributed by atoms with van der Waals surface area (Å²) in [5.74, 6) is -10.4. The fourth-order valence-electron chi connectivity index (χ4n) is 2.90. The lowest BCUT2D eigenvalue weighted by Crippen LogP contribution is -2.38. The fourth-order valence-corrected chi connectivity index (χ4v) is 2.90. The second kappa shape index (κ2) is 9.32. The monoisotopic (exact) mass is 522 g/mol. The SMILES string of the molecule is CCC(C)(C)NCc1c(F)ccc(NC(=O)c2c(C(F)(F)F)c(C(F)(F)C(F)(F)F)nn2C)c1F. The molecule has 0 fully saturated rings. The highest BCUT2D eigenvalue weighted by Crippen LogP contribution is 2.48. The molecular formula is C20H20F10N4O. The molecule has 2 aromatic rings. The van der Waals surface area contributed by atoms with Crippen molar-refractivity contribution in [2.75, 3.05) is 5.32 Å². The summed E-state index contributed by atoms with van der Waals surface area (Å²) in [6.45, 7) is 4.86. The van der Waals surface area contributed by atoms with E-state index < -0.39 is 69.6 Å². The van der Waals surface area contributed by atoms with E-state index in [1.807, 2.05) is 0 Å². The highest BCUT2D eigenvalue weighted by molar-refractivity contribution is 6.04. The first-order chi connectivity index (χ1) is 15.7. The lowest BCUT2D eigenvalue weighted by Gasteiger charge is -2.25. The Kier molecular flexibility index (Phi) is 7.56. The van der Waals surface area contributed by atoms with Crippen LogP contribution in [-0.4, -0.2) is 27.4 Å². The maximum Gasteiger partial charge on any atom is 0.459 e. The number of aromatic nitrogens is 2. The van der Waals surface area contributed by atoms with Gasteiger partial charge in [-0.05, 0) is 32.4 Å². The Morgan fingerprint density at radius 2 is 1.60 bits per heavy atom. The molecule has 0 radical (unpaired) electrons. The second-order valence-electron chi connectivity index (χ2n) is 8.20. The molecule has 0 aliphatic rings. The van der Waals surface area contributed by atoms with Crippen molar-refractivity contribution in [3.8, 4) is 0 Å². The van der Waals surface area contributed by atoms with Gasteiger partial charge < -0.3 is 10.6 Å². The molecule has 1 aromatic heterocycles. The number of carbonyl (C=O) groups is 1. The molecule has 0 saturated carbocycles. The highest BCUT2D eigenvalue weighted by atomic mass is 19.4. The van der Waals surface area contributed by atoms with Crippen molar-refractivity contribution in [3.63, 3.8) is 0 Å². The summed E-state index contributed by atoms with van der Waals surface area (Å²) in [6.07, 6.45) is -11.8. The highest BCUT2D eigenvalue weighted by Gasteiger charge is 2.64. The summed E-state index contributed by atoms with van der Waals surface area (Å²) in [4.78, 5) is 12.5. The van der Waals surface area contributed by atoms with Crippen LogP contribution in [0.25, 0.3) is 0 Å². The number of hydrogen-bond acceptors (Lipinski definition) is 3. The van der Waals surface area contributed by atoms with Crippen molar-refractivity contribution in [3.05, 3.63) is 46.3 Å². The lowest BCUT2D eigenvalue weighted by molar-refractivity contribution is -0.292. The van der Waals surface area contributed by atoms with Gasteiger partial charge in [0.25, 0.3) is 5.91 Å². The Labute approximate surface area is 192 Å². The van der Waals surface area contributed by atoms with Crippen LogP contribution in [0.3, 0.4) is 0 Å². The molecule has 5 nitrogen and oxygen atoms in total. The van der Waals surface area contributed by atoms with Crippen LogP contribution in [0.1, 0.15) is 54.5 Å². The van der Waals surface area contributed by atoms with E-state index >= 15 is 0 Å². The van der Waals surface area contributed by atoms with Crippen LogP contribution in [0, 0.1) is 11.6 Å². The number of rotatable bonds is 7. The topological polar surface area (TPSA) is 58.9 Å². The normalized spacial score (nSPS) is 13.3. The van der Waals surface area contributed by atoms with Gasteiger partial charge in [0.05, 0.1) is 5.69 Å². The van der Waals surface area contributed by atoms with Crippen LogP contribution < -0.4 is 10.6 Å². The molecule has 2 N–H and O–H groups in total. The maximum atomic E-state index is 14.9. The largest absolute Gasteiger partial charge is 0.459 e. The van der Waals surface area contributed by atoms with Crippen LogP contribution in [0.2, 0.25) is 0 Å². The fraction of sp³-hybridized carbons (Fsp3) is 0.500. The molecule has 0 saturated heterocycles. The zero-order valence-corrected chi connectivity index (χ0v) is 18.7. The van der Waals surface area contributed by atoms with Gasteiger partial charge in [0.15, 0.2) is 11.5 Å². The molecule has 0 aliphatic heterocycles. The predicted octanol–water partition coefficient (Wildman–Crippen LogP) is 5.90. The number of nitrogens with one attached hydrogen (secondary N) is 2. The van der Waals surface area contributed by atoms with Crippen LogP contribution in [-0.2, 0) is 25.7 Å². The Morgan fingerprint density at radius 3 is 2.09 bits per heavy atom. The lowest BCUT2D eigenvalue weighted by atomic mass is 10.0. The summed E-state index contributed by atoms with van der Waals surface area (Å²) in [7, 11) is 0.531. The number of hydrogen-bond donors (Lipinski definition) is 2. The molecule has 0 unspecified atom stereocenters. The molecule has 15 heteroatoms. The van der Waals surface area contributed by atoms with E-state index in [2.05, 4.69) is 10.4 Å². The Balaban J connectivity index is 2.54. The van der Waals surface area contributed by atoms with Crippen molar-refractivity contribution < 1.29 is 48.7 Å². The van der Waals surface area contributed by atoms with Gasteiger partial charge in [-0.25, -0.2) is 8.78 Å². The van der Waals surface area contributed by atoms with E-state index in [1.165, 1.54) is 0 Å². The summed E-state index contributed by atoms with van der Waals surface area (Å²) in [5.41, 5.74) is -9.10. The Morgan fingerprint density at radius 1 is 1.03 bits per heavy atom. The summed E-state index contributed by atoms with van der Waals surface area (Å²) in [6, 6.07) is 1.36. The molecule has 196 valence electrons. The third-order valence-corrected chi connectivity index (χ3v) is 5.26. The van der Waals surface area contributed by atoms with E-state index in [9.17, 15) is 48.7 Å². The van der Waals surface area contributed by atoms with Crippen molar-refractivity contribution in [2.24, 2.45) is 7.05 Å². The summed E-state index contributed by atoms with van der Waals surface area (Å²) >= 11 is 0. The molecule has 0 atom stereocenters. The third kappa shape index (κ3) is 5.70. The first kappa shape index (κ1) is 28.4. The van der Waals surface area contributed by atoms with Gasteiger partial charge in [-0.1, -0.05) is 6.92 Å². The number of aryl methyl sites for hydroxylation is 1. The van der Waals surface area contributed by atoms with Crippen LogP contribution in [0.4, 0.5) is 49.6 Å². The van der Waals surface area contributed by atoms with Crippen molar-refractivity contribution in [1.82, 2.24) is 15.1 Å². The van der Waals surface area contributed by atoms with Gasteiger partial charge in [0, 0.05) is 24.7 Å². The number of amides is 1. The van der Waals surface area contributed by atoms with E-state index in [4.69, 9.17) is 0 Å². The van der Waals surface area contributed by atoms with Gasteiger partial charge in [-0.15, -0.1) is 0 Å². The molecule has 1 aromatic carbocycles. The number of anilines is 1. The molecular weight excluding hydrogens is 502 g/mol. The minimum Gasteiger partial charge on any atom is -0.318 e. The zero-order chi connectivity index (χ0) is 27.1. The zero-order valence-electron chi connectivity index (χ0n) is 18.7. The Hall–Kier alpha value is -2.84. The van der Waals surface area contributed by atoms with Crippen molar-refractivity contribution in [1.29, 1.82) is 0 Å².